The largest absolute Gasteiger partial charge is 0.327 e. The Bertz CT molecular complexity index is 462. The van der Waals surface area contributed by atoms with Crippen LogP contribution in [0.25, 0.3) is 5.69 Å². The van der Waals surface area contributed by atoms with Crippen molar-refractivity contribution in [2.75, 3.05) is 0 Å². The second kappa shape index (κ2) is 3.17. The Morgan fingerprint density at radius 1 is 1.27 bits per heavy atom. The standard InChI is InChI=1S/C11H12N4/c12-10-6-9(10)11-7-15(14-13-11)8-4-2-1-3-5-8/h1-5,7,9-10H,6,12H2/t9-,10-/m1/s1. The average Bonchev–Trinajstić information content (AvgIpc) is 2.83. The molecule has 1 saturated carbocycles. The molecule has 1 heterocycles. The molecule has 3 rings (SSSR count). The van der Waals surface area contributed by atoms with Gasteiger partial charge in [-0.15, -0.1) is 5.10 Å². The Morgan fingerprint density at radius 2 is 2.00 bits per heavy atom. The lowest BCUT2D eigenvalue weighted by molar-refractivity contribution is 0.795. The summed E-state index contributed by atoms with van der Waals surface area (Å²) in [5.41, 5.74) is 7.81. The van der Waals surface area contributed by atoms with E-state index in [0.29, 0.717) is 5.92 Å². The summed E-state index contributed by atoms with van der Waals surface area (Å²) in [5.74, 6) is 0.419. The summed E-state index contributed by atoms with van der Waals surface area (Å²) in [4.78, 5) is 0. The molecule has 0 saturated heterocycles. The van der Waals surface area contributed by atoms with Crippen LogP contribution in [0.15, 0.2) is 36.5 Å². The summed E-state index contributed by atoms with van der Waals surface area (Å²) in [5, 5.41) is 8.23. The molecule has 4 nitrogen and oxygen atoms in total. The SMILES string of the molecule is N[C@@H]1C[C@H]1c1cn(-c2ccccc2)nn1. The van der Waals surface area contributed by atoms with Gasteiger partial charge in [0.15, 0.2) is 0 Å². The van der Waals surface area contributed by atoms with Gasteiger partial charge in [-0.2, -0.15) is 0 Å². The molecule has 76 valence electrons. The van der Waals surface area contributed by atoms with Crippen LogP contribution in [0.4, 0.5) is 0 Å². The van der Waals surface area contributed by atoms with Gasteiger partial charge in [-0.1, -0.05) is 23.4 Å². The highest BCUT2D eigenvalue weighted by Gasteiger charge is 2.37. The first-order valence-electron chi connectivity index (χ1n) is 5.08. The molecular formula is C11H12N4. The van der Waals surface area contributed by atoms with Gasteiger partial charge in [0.25, 0.3) is 0 Å². The minimum absolute atomic E-state index is 0.283. The van der Waals surface area contributed by atoms with Crippen LogP contribution in [0.3, 0.4) is 0 Å². The molecule has 1 aliphatic carbocycles. The van der Waals surface area contributed by atoms with Crippen molar-refractivity contribution in [2.45, 2.75) is 18.4 Å². The third kappa shape index (κ3) is 1.53. The van der Waals surface area contributed by atoms with Gasteiger partial charge in [0.05, 0.1) is 17.6 Å². The molecule has 0 bridgehead atoms. The van der Waals surface area contributed by atoms with Gasteiger partial charge in [0, 0.05) is 12.0 Å². The number of hydrogen-bond acceptors (Lipinski definition) is 3. The van der Waals surface area contributed by atoms with Crippen LogP contribution in [0.2, 0.25) is 0 Å². The molecule has 2 atom stereocenters. The Kier molecular flexibility index (Phi) is 1.82. The number of nitrogens with two attached hydrogens (primary N) is 1. The van der Waals surface area contributed by atoms with Crippen molar-refractivity contribution in [3.05, 3.63) is 42.2 Å². The first-order chi connectivity index (χ1) is 7.34. The van der Waals surface area contributed by atoms with E-state index in [1.54, 1.807) is 4.68 Å². The topological polar surface area (TPSA) is 56.7 Å². The second-order valence-electron chi connectivity index (χ2n) is 3.93. The second-order valence-corrected chi connectivity index (χ2v) is 3.93. The Hall–Kier alpha value is -1.68. The van der Waals surface area contributed by atoms with Crippen molar-refractivity contribution in [2.24, 2.45) is 5.73 Å². The molecule has 0 aliphatic heterocycles. The van der Waals surface area contributed by atoms with Gasteiger partial charge in [0.1, 0.15) is 0 Å². The molecule has 0 spiro atoms. The predicted molar refractivity (Wildman–Crippen MR) is 56.7 cm³/mol. The summed E-state index contributed by atoms with van der Waals surface area (Å²) in [6.07, 6.45) is 3.00. The number of rotatable bonds is 2. The van der Waals surface area contributed by atoms with E-state index in [4.69, 9.17) is 5.73 Å². The van der Waals surface area contributed by atoms with E-state index in [0.717, 1.165) is 17.8 Å². The molecule has 15 heavy (non-hydrogen) atoms. The van der Waals surface area contributed by atoms with Crippen LogP contribution < -0.4 is 5.73 Å². The van der Waals surface area contributed by atoms with Gasteiger partial charge in [-0.25, -0.2) is 4.68 Å². The number of nitrogens with zero attached hydrogens (tertiary/aromatic N) is 3. The van der Waals surface area contributed by atoms with Crippen LogP contribution in [0.1, 0.15) is 18.0 Å². The Morgan fingerprint density at radius 3 is 2.67 bits per heavy atom. The highest BCUT2D eigenvalue weighted by atomic mass is 15.4. The van der Waals surface area contributed by atoms with Gasteiger partial charge >= 0.3 is 0 Å². The highest BCUT2D eigenvalue weighted by Crippen LogP contribution is 2.37. The van der Waals surface area contributed by atoms with Gasteiger partial charge < -0.3 is 5.73 Å². The molecule has 0 radical (unpaired) electrons. The number of benzene rings is 1. The maximum atomic E-state index is 5.77. The van der Waals surface area contributed by atoms with Gasteiger partial charge in [-0.3, -0.25) is 0 Å². The summed E-state index contributed by atoms with van der Waals surface area (Å²) in [6.45, 7) is 0. The molecule has 1 aliphatic rings. The Labute approximate surface area is 87.7 Å². The fraction of sp³-hybridized carbons (Fsp3) is 0.273. The minimum atomic E-state index is 0.283. The quantitative estimate of drug-likeness (QED) is 0.789. The lowest BCUT2D eigenvalue weighted by Crippen LogP contribution is -2.00. The third-order valence-electron chi connectivity index (χ3n) is 2.75. The molecule has 1 fully saturated rings. The van der Waals surface area contributed by atoms with E-state index in [-0.39, 0.29) is 6.04 Å². The number of aromatic nitrogens is 3. The summed E-state index contributed by atoms with van der Waals surface area (Å²) >= 11 is 0. The van der Waals surface area contributed by atoms with E-state index >= 15 is 0 Å². The maximum Gasteiger partial charge on any atom is 0.0878 e. The van der Waals surface area contributed by atoms with E-state index in [1.165, 1.54) is 0 Å². The number of para-hydroxylation sites is 1. The fourth-order valence-electron chi connectivity index (χ4n) is 1.71. The van der Waals surface area contributed by atoms with E-state index in [2.05, 4.69) is 10.3 Å². The van der Waals surface area contributed by atoms with E-state index in [9.17, 15) is 0 Å². The van der Waals surface area contributed by atoms with Crippen molar-refractivity contribution < 1.29 is 0 Å². The summed E-state index contributed by atoms with van der Waals surface area (Å²) in [6, 6.07) is 10.2. The smallest absolute Gasteiger partial charge is 0.0878 e. The molecular weight excluding hydrogens is 188 g/mol. The van der Waals surface area contributed by atoms with E-state index < -0.39 is 0 Å². The first-order valence-corrected chi connectivity index (χ1v) is 5.08. The number of hydrogen-bond donors (Lipinski definition) is 1. The first kappa shape index (κ1) is 8.61. The van der Waals surface area contributed by atoms with Crippen molar-refractivity contribution in [1.82, 2.24) is 15.0 Å². The van der Waals surface area contributed by atoms with Crippen LogP contribution in [-0.2, 0) is 0 Å². The molecule has 1 aromatic heterocycles. The lowest BCUT2D eigenvalue weighted by Gasteiger charge is -1.96. The maximum absolute atomic E-state index is 5.77. The normalized spacial score (nSPS) is 24.1. The third-order valence-corrected chi connectivity index (χ3v) is 2.75. The highest BCUT2D eigenvalue weighted by molar-refractivity contribution is 5.31. The molecule has 0 amide bonds. The summed E-state index contributed by atoms with van der Waals surface area (Å²) < 4.78 is 1.79. The molecule has 0 unspecified atom stereocenters. The fourth-order valence-corrected chi connectivity index (χ4v) is 1.71. The monoisotopic (exact) mass is 200 g/mol. The molecule has 1 aromatic carbocycles. The van der Waals surface area contributed by atoms with Crippen LogP contribution >= 0.6 is 0 Å². The van der Waals surface area contributed by atoms with Crippen LogP contribution in [0, 0.1) is 0 Å². The average molecular weight is 200 g/mol. The molecule has 2 aromatic rings. The zero-order chi connectivity index (χ0) is 10.3. The minimum Gasteiger partial charge on any atom is -0.327 e. The van der Waals surface area contributed by atoms with Crippen LogP contribution in [-0.4, -0.2) is 21.0 Å². The molecule has 4 heteroatoms. The van der Waals surface area contributed by atoms with E-state index in [1.807, 2.05) is 36.5 Å². The van der Waals surface area contributed by atoms with Gasteiger partial charge in [-0.05, 0) is 18.6 Å². The van der Waals surface area contributed by atoms with Crippen LogP contribution in [0.5, 0.6) is 0 Å². The Balaban J connectivity index is 1.91. The zero-order valence-electron chi connectivity index (χ0n) is 8.24. The predicted octanol–water partition coefficient (Wildman–Crippen LogP) is 1.08. The van der Waals surface area contributed by atoms with Crippen molar-refractivity contribution in [3.8, 4) is 5.69 Å². The van der Waals surface area contributed by atoms with Crippen molar-refractivity contribution in [3.63, 3.8) is 0 Å². The van der Waals surface area contributed by atoms with Crippen molar-refractivity contribution >= 4 is 0 Å². The lowest BCUT2D eigenvalue weighted by atomic mass is 10.3. The zero-order valence-corrected chi connectivity index (χ0v) is 8.24. The van der Waals surface area contributed by atoms with Gasteiger partial charge in [0.2, 0.25) is 0 Å². The van der Waals surface area contributed by atoms with Crippen molar-refractivity contribution in [1.29, 1.82) is 0 Å². The molecule has 2 N–H and O–H groups in total. The summed E-state index contributed by atoms with van der Waals surface area (Å²) in [7, 11) is 0.